The minimum Gasteiger partial charge on any atom is -0.480 e. The molecule has 0 unspecified atom stereocenters. The summed E-state index contributed by atoms with van der Waals surface area (Å²) in [4.78, 5) is 24.2. The Labute approximate surface area is 110 Å². The van der Waals surface area contributed by atoms with Gasteiger partial charge in [0.2, 0.25) is 0 Å². The number of carbonyl (C=O) groups excluding carboxylic acids is 1. The zero-order valence-corrected chi connectivity index (χ0v) is 11.7. The molecule has 0 aromatic rings. The summed E-state index contributed by atoms with van der Waals surface area (Å²) in [6, 6.07) is 0. The van der Waals surface area contributed by atoms with E-state index < -0.39 is 5.97 Å². The second kappa shape index (κ2) is 5.18. The van der Waals surface area contributed by atoms with E-state index in [4.69, 9.17) is 17.3 Å². The van der Waals surface area contributed by atoms with E-state index in [9.17, 15) is 9.59 Å². The summed E-state index contributed by atoms with van der Waals surface area (Å²) < 4.78 is 0.315. The molecule has 1 saturated heterocycles. The van der Waals surface area contributed by atoms with Gasteiger partial charge in [-0.15, -0.1) is 0 Å². The lowest BCUT2D eigenvalue weighted by atomic mass is 9.90. The molecule has 0 saturated carbocycles. The molecule has 0 radical (unpaired) electrons. The summed E-state index contributed by atoms with van der Waals surface area (Å²) in [6.07, 6.45) is 2.77. The van der Waals surface area contributed by atoms with Crippen molar-refractivity contribution in [2.24, 2.45) is 5.41 Å². The third-order valence-corrected chi connectivity index (χ3v) is 3.98. The number of carboxylic acid groups (broad SMARTS) is 1. The molecule has 0 aromatic carbocycles. The molecule has 94 valence electrons. The number of allylic oxidation sites excluding steroid dienone is 1. The fourth-order valence-electron chi connectivity index (χ4n) is 1.23. The van der Waals surface area contributed by atoms with Crippen molar-refractivity contribution in [2.75, 3.05) is 6.54 Å². The van der Waals surface area contributed by atoms with Crippen molar-refractivity contribution >= 4 is 40.2 Å². The molecule has 0 bridgehead atoms. The van der Waals surface area contributed by atoms with E-state index in [1.807, 2.05) is 26.8 Å². The summed E-state index contributed by atoms with van der Waals surface area (Å²) in [6.45, 7) is 5.72. The second-order valence-electron chi connectivity index (χ2n) is 4.50. The molecule has 1 heterocycles. The maximum absolute atomic E-state index is 11.9. The van der Waals surface area contributed by atoms with Crippen LogP contribution in [-0.4, -0.2) is 32.7 Å². The predicted molar refractivity (Wildman–Crippen MR) is 71.7 cm³/mol. The number of aliphatic carboxylic acids is 1. The number of hydrogen-bond donors (Lipinski definition) is 1. The Hall–Kier alpha value is -0.880. The standard InChI is InChI=1S/C11H15NO3S2/c1-4-11(2,3)5-7-9(15)12(6-8(13)14)10(16)17-7/h5H,4,6H2,1-3H3,(H,13,14)/b7-5+. The fourth-order valence-corrected chi connectivity index (χ4v) is 2.67. The molecule has 1 aliphatic heterocycles. The summed E-state index contributed by atoms with van der Waals surface area (Å²) in [5.41, 5.74) is -0.0904. The number of rotatable bonds is 4. The number of carbonyl (C=O) groups is 2. The van der Waals surface area contributed by atoms with Gasteiger partial charge in [-0.3, -0.25) is 14.5 Å². The average molecular weight is 273 g/mol. The Balaban J connectivity index is 2.92. The number of hydrogen-bond acceptors (Lipinski definition) is 4. The summed E-state index contributed by atoms with van der Waals surface area (Å²) in [5, 5.41) is 8.69. The van der Waals surface area contributed by atoms with E-state index in [2.05, 4.69) is 0 Å². The number of thiocarbonyl (C=S) groups is 1. The van der Waals surface area contributed by atoms with Crippen molar-refractivity contribution in [1.29, 1.82) is 0 Å². The molecular weight excluding hydrogens is 258 g/mol. The number of nitrogens with zero attached hydrogens (tertiary/aromatic N) is 1. The lowest BCUT2D eigenvalue weighted by Gasteiger charge is -2.17. The maximum Gasteiger partial charge on any atom is 0.323 e. The van der Waals surface area contributed by atoms with Gasteiger partial charge in [0.25, 0.3) is 5.91 Å². The lowest BCUT2D eigenvalue weighted by molar-refractivity contribution is -0.140. The molecule has 1 aliphatic rings. The number of thioether (sulfide) groups is 1. The van der Waals surface area contributed by atoms with Crippen LogP contribution in [0.15, 0.2) is 11.0 Å². The molecule has 0 aromatic heterocycles. The van der Waals surface area contributed by atoms with Crippen LogP contribution in [0.2, 0.25) is 0 Å². The Morgan fingerprint density at radius 3 is 2.65 bits per heavy atom. The normalized spacial score (nSPS) is 19.2. The number of carboxylic acids is 1. The van der Waals surface area contributed by atoms with E-state index in [-0.39, 0.29) is 17.9 Å². The zero-order chi connectivity index (χ0) is 13.2. The average Bonchev–Trinajstić information content (AvgIpc) is 2.45. The van der Waals surface area contributed by atoms with Gasteiger partial charge in [-0.1, -0.05) is 50.8 Å². The Kier molecular flexibility index (Phi) is 4.32. The predicted octanol–water partition coefficient (Wildman–Crippen LogP) is 2.25. The summed E-state index contributed by atoms with van der Waals surface area (Å²) in [7, 11) is 0. The highest BCUT2D eigenvalue weighted by Gasteiger charge is 2.34. The minimum absolute atomic E-state index is 0.0904. The molecule has 1 rings (SSSR count). The first kappa shape index (κ1) is 14.2. The molecule has 17 heavy (non-hydrogen) atoms. The highest BCUT2D eigenvalue weighted by molar-refractivity contribution is 8.26. The monoisotopic (exact) mass is 273 g/mol. The van der Waals surface area contributed by atoms with Crippen molar-refractivity contribution in [3.8, 4) is 0 Å². The third-order valence-electron chi connectivity index (χ3n) is 2.60. The van der Waals surface area contributed by atoms with Gasteiger partial charge in [0, 0.05) is 0 Å². The summed E-state index contributed by atoms with van der Waals surface area (Å²) >= 11 is 6.17. The van der Waals surface area contributed by atoms with Gasteiger partial charge in [-0.05, 0) is 11.8 Å². The van der Waals surface area contributed by atoms with E-state index >= 15 is 0 Å². The molecule has 4 nitrogen and oxygen atoms in total. The fraction of sp³-hybridized carbons (Fsp3) is 0.545. The van der Waals surface area contributed by atoms with Gasteiger partial charge in [-0.25, -0.2) is 0 Å². The van der Waals surface area contributed by atoms with Gasteiger partial charge >= 0.3 is 5.97 Å². The van der Waals surface area contributed by atoms with Gasteiger partial charge in [0.05, 0.1) is 4.91 Å². The van der Waals surface area contributed by atoms with E-state index in [0.717, 1.165) is 11.3 Å². The third kappa shape index (κ3) is 3.54. The zero-order valence-electron chi connectivity index (χ0n) is 10.0. The van der Waals surface area contributed by atoms with Gasteiger partial charge < -0.3 is 5.11 Å². The van der Waals surface area contributed by atoms with Crippen LogP contribution in [0.3, 0.4) is 0 Å². The van der Waals surface area contributed by atoms with Crippen LogP contribution in [0, 0.1) is 5.41 Å². The largest absolute Gasteiger partial charge is 0.480 e. The molecule has 6 heteroatoms. The van der Waals surface area contributed by atoms with Crippen molar-refractivity contribution in [1.82, 2.24) is 4.90 Å². The van der Waals surface area contributed by atoms with Crippen molar-refractivity contribution in [3.63, 3.8) is 0 Å². The maximum atomic E-state index is 11.9. The molecule has 1 N–H and O–H groups in total. The first-order valence-corrected chi connectivity index (χ1v) is 6.47. The van der Waals surface area contributed by atoms with Crippen LogP contribution in [0.25, 0.3) is 0 Å². The molecular formula is C11H15NO3S2. The molecule has 1 amide bonds. The molecule has 0 aliphatic carbocycles. The van der Waals surface area contributed by atoms with Gasteiger partial charge in [0.15, 0.2) is 0 Å². The Bertz CT molecular complexity index is 402. The van der Waals surface area contributed by atoms with Crippen LogP contribution in [0.4, 0.5) is 0 Å². The topological polar surface area (TPSA) is 57.6 Å². The van der Waals surface area contributed by atoms with E-state index in [0.29, 0.717) is 9.23 Å². The quantitative estimate of drug-likeness (QED) is 0.629. The van der Waals surface area contributed by atoms with Gasteiger partial charge in [-0.2, -0.15) is 0 Å². The number of amides is 1. The van der Waals surface area contributed by atoms with Crippen LogP contribution in [-0.2, 0) is 9.59 Å². The van der Waals surface area contributed by atoms with Crippen LogP contribution in [0.1, 0.15) is 27.2 Å². The smallest absolute Gasteiger partial charge is 0.323 e. The van der Waals surface area contributed by atoms with E-state index in [1.165, 1.54) is 11.8 Å². The summed E-state index contributed by atoms with van der Waals surface area (Å²) in [5.74, 6) is -1.36. The second-order valence-corrected chi connectivity index (χ2v) is 6.18. The molecule has 1 fully saturated rings. The highest BCUT2D eigenvalue weighted by Crippen LogP contribution is 2.35. The Morgan fingerprint density at radius 1 is 1.59 bits per heavy atom. The highest BCUT2D eigenvalue weighted by atomic mass is 32.2. The van der Waals surface area contributed by atoms with Crippen LogP contribution < -0.4 is 0 Å². The van der Waals surface area contributed by atoms with Crippen LogP contribution >= 0.6 is 24.0 Å². The minimum atomic E-state index is -1.06. The molecule has 0 atom stereocenters. The van der Waals surface area contributed by atoms with Crippen LogP contribution in [0.5, 0.6) is 0 Å². The van der Waals surface area contributed by atoms with Crippen molar-refractivity contribution in [2.45, 2.75) is 27.2 Å². The first-order chi connectivity index (χ1) is 7.76. The SMILES string of the molecule is CCC(C)(C)/C=C1/SC(=S)N(CC(=O)O)C1=O. The Morgan fingerprint density at radius 2 is 2.18 bits per heavy atom. The van der Waals surface area contributed by atoms with Crippen molar-refractivity contribution < 1.29 is 14.7 Å². The lowest BCUT2D eigenvalue weighted by Crippen LogP contribution is -2.33. The van der Waals surface area contributed by atoms with Crippen molar-refractivity contribution in [3.05, 3.63) is 11.0 Å². The van der Waals surface area contributed by atoms with E-state index in [1.54, 1.807) is 0 Å². The first-order valence-electron chi connectivity index (χ1n) is 5.25. The molecule has 0 spiro atoms. The van der Waals surface area contributed by atoms with Gasteiger partial charge in [0.1, 0.15) is 10.9 Å².